The number of carbonyl (C=O) groups excluding carboxylic acids is 1. The van der Waals surface area contributed by atoms with Crippen molar-refractivity contribution in [2.75, 3.05) is 13.1 Å². The fourth-order valence-electron chi connectivity index (χ4n) is 3.70. The van der Waals surface area contributed by atoms with Gasteiger partial charge in [0.1, 0.15) is 6.54 Å². The molecule has 1 aliphatic rings. The molecule has 0 saturated carbocycles. The average Bonchev–Trinajstić information content (AvgIpc) is 3.19. The van der Waals surface area contributed by atoms with Crippen molar-refractivity contribution in [3.8, 4) is 11.3 Å². The molecule has 2 heterocycles. The molecular weight excluding hydrogens is 324 g/mol. The van der Waals surface area contributed by atoms with E-state index in [4.69, 9.17) is 0 Å². The van der Waals surface area contributed by atoms with Crippen molar-refractivity contribution in [3.05, 3.63) is 70.4 Å². The van der Waals surface area contributed by atoms with Gasteiger partial charge in [-0.3, -0.25) is 9.59 Å². The van der Waals surface area contributed by atoms with Crippen LogP contribution in [0, 0.1) is 6.92 Å². The van der Waals surface area contributed by atoms with Crippen LogP contribution in [-0.4, -0.2) is 28.5 Å². The molecule has 4 rings (SSSR count). The molecular formula is C22H22N2O2. The Morgan fingerprint density at radius 2 is 1.73 bits per heavy atom. The van der Waals surface area contributed by atoms with Gasteiger partial charge in [-0.25, -0.2) is 0 Å². The Morgan fingerprint density at radius 1 is 1.00 bits per heavy atom. The van der Waals surface area contributed by atoms with Crippen LogP contribution >= 0.6 is 0 Å². The van der Waals surface area contributed by atoms with Crippen LogP contribution < -0.4 is 5.43 Å². The maximum atomic E-state index is 12.8. The van der Waals surface area contributed by atoms with E-state index in [1.807, 2.05) is 64.9 Å². The average molecular weight is 346 g/mol. The van der Waals surface area contributed by atoms with Crippen molar-refractivity contribution >= 4 is 16.8 Å². The van der Waals surface area contributed by atoms with Crippen LogP contribution in [0.5, 0.6) is 0 Å². The Kier molecular flexibility index (Phi) is 4.33. The third kappa shape index (κ3) is 3.03. The molecule has 0 radical (unpaired) electrons. The van der Waals surface area contributed by atoms with Crippen molar-refractivity contribution in [2.45, 2.75) is 26.3 Å². The predicted octanol–water partition coefficient (Wildman–Crippen LogP) is 3.60. The lowest BCUT2D eigenvalue weighted by atomic mass is 10.1. The fraction of sp³-hybridized carbons (Fsp3) is 0.273. The van der Waals surface area contributed by atoms with E-state index in [9.17, 15) is 9.59 Å². The minimum atomic E-state index is -0.0104. The van der Waals surface area contributed by atoms with E-state index in [0.717, 1.165) is 48.3 Å². The number of aryl methyl sites for hydroxylation is 1. The van der Waals surface area contributed by atoms with Crippen LogP contribution in [0.2, 0.25) is 0 Å². The van der Waals surface area contributed by atoms with E-state index in [1.165, 1.54) is 0 Å². The summed E-state index contributed by atoms with van der Waals surface area (Å²) in [5.74, 6) is 0.117. The number of rotatable bonds is 3. The first-order valence-electron chi connectivity index (χ1n) is 9.11. The van der Waals surface area contributed by atoms with Gasteiger partial charge in [0.2, 0.25) is 5.91 Å². The number of hydrogen-bond donors (Lipinski definition) is 0. The van der Waals surface area contributed by atoms with Gasteiger partial charge in [-0.15, -0.1) is 0 Å². The number of hydrogen-bond acceptors (Lipinski definition) is 2. The molecule has 0 spiro atoms. The molecule has 4 heteroatoms. The maximum Gasteiger partial charge on any atom is 0.242 e. The summed E-state index contributed by atoms with van der Waals surface area (Å²) in [6, 6.07) is 17.3. The van der Waals surface area contributed by atoms with Gasteiger partial charge in [-0.2, -0.15) is 0 Å². The summed E-state index contributed by atoms with van der Waals surface area (Å²) < 4.78 is 2.00. The second-order valence-corrected chi connectivity index (χ2v) is 6.95. The van der Waals surface area contributed by atoms with Crippen LogP contribution in [0.4, 0.5) is 0 Å². The van der Waals surface area contributed by atoms with E-state index < -0.39 is 0 Å². The zero-order chi connectivity index (χ0) is 18.1. The minimum Gasteiger partial charge on any atom is -0.341 e. The monoisotopic (exact) mass is 346 g/mol. The van der Waals surface area contributed by atoms with Gasteiger partial charge in [0.15, 0.2) is 5.43 Å². The first-order valence-corrected chi connectivity index (χ1v) is 9.11. The lowest BCUT2D eigenvalue weighted by Crippen LogP contribution is -2.32. The smallest absolute Gasteiger partial charge is 0.242 e. The van der Waals surface area contributed by atoms with Gasteiger partial charge < -0.3 is 9.47 Å². The number of carbonyl (C=O) groups is 1. The molecule has 0 atom stereocenters. The predicted molar refractivity (Wildman–Crippen MR) is 104 cm³/mol. The van der Waals surface area contributed by atoms with E-state index in [-0.39, 0.29) is 17.9 Å². The number of benzene rings is 2. The Hall–Kier alpha value is -2.88. The molecule has 1 aromatic heterocycles. The van der Waals surface area contributed by atoms with Crippen LogP contribution in [0.15, 0.2) is 59.4 Å². The lowest BCUT2D eigenvalue weighted by molar-refractivity contribution is -0.130. The van der Waals surface area contributed by atoms with E-state index in [2.05, 4.69) is 0 Å². The SMILES string of the molecule is Cc1ccc2c(=O)cc(-c3ccccc3)n(CC(=O)N3CCCC3)c2c1. The van der Waals surface area contributed by atoms with E-state index in [0.29, 0.717) is 5.39 Å². The molecule has 26 heavy (non-hydrogen) atoms. The van der Waals surface area contributed by atoms with Gasteiger partial charge in [-0.05, 0) is 43.0 Å². The molecule has 1 saturated heterocycles. The first kappa shape index (κ1) is 16.6. The summed E-state index contributed by atoms with van der Waals surface area (Å²) in [6.45, 7) is 3.92. The van der Waals surface area contributed by atoms with Gasteiger partial charge in [-0.1, -0.05) is 36.4 Å². The number of nitrogens with zero attached hydrogens (tertiary/aromatic N) is 2. The Morgan fingerprint density at radius 3 is 2.46 bits per heavy atom. The molecule has 1 aliphatic heterocycles. The second kappa shape index (κ2) is 6.79. The zero-order valence-electron chi connectivity index (χ0n) is 14.9. The maximum absolute atomic E-state index is 12.8. The summed E-state index contributed by atoms with van der Waals surface area (Å²) in [5, 5.41) is 0.657. The van der Waals surface area contributed by atoms with Gasteiger partial charge in [0.05, 0.1) is 11.2 Å². The number of amides is 1. The Balaban J connectivity index is 1.91. The summed E-state index contributed by atoms with van der Waals surface area (Å²) in [7, 11) is 0. The van der Waals surface area contributed by atoms with Gasteiger partial charge in [0.25, 0.3) is 0 Å². The molecule has 4 nitrogen and oxygen atoms in total. The molecule has 0 aliphatic carbocycles. The van der Waals surface area contributed by atoms with Crippen LogP contribution in [0.25, 0.3) is 22.2 Å². The van der Waals surface area contributed by atoms with Crippen LogP contribution in [-0.2, 0) is 11.3 Å². The van der Waals surface area contributed by atoms with Crippen molar-refractivity contribution in [1.82, 2.24) is 9.47 Å². The van der Waals surface area contributed by atoms with Gasteiger partial charge in [0, 0.05) is 24.5 Å². The molecule has 2 aromatic carbocycles. The minimum absolute atomic E-state index is 0.0104. The Labute approximate surface area is 152 Å². The van der Waals surface area contributed by atoms with Gasteiger partial charge >= 0.3 is 0 Å². The highest BCUT2D eigenvalue weighted by molar-refractivity contribution is 5.86. The molecule has 0 bridgehead atoms. The highest BCUT2D eigenvalue weighted by Crippen LogP contribution is 2.24. The van der Waals surface area contributed by atoms with Crippen molar-refractivity contribution in [2.24, 2.45) is 0 Å². The molecule has 3 aromatic rings. The molecule has 1 amide bonds. The molecule has 132 valence electrons. The summed E-state index contributed by atoms with van der Waals surface area (Å²) in [6.07, 6.45) is 2.14. The highest BCUT2D eigenvalue weighted by atomic mass is 16.2. The number of fused-ring (bicyclic) bond motifs is 1. The standard InChI is InChI=1S/C22H22N2O2/c1-16-9-10-18-20(13-16)24(15-22(26)23-11-5-6-12-23)19(14-21(18)25)17-7-3-2-4-8-17/h2-4,7-10,13-14H,5-6,11-12,15H2,1H3. The van der Waals surface area contributed by atoms with Crippen molar-refractivity contribution in [1.29, 1.82) is 0 Å². The fourth-order valence-corrected chi connectivity index (χ4v) is 3.70. The van der Waals surface area contributed by atoms with E-state index >= 15 is 0 Å². The first-order chi connectivity index (χ1) is 12.6. The largest absolute Gasteiger partial charge is 0.341 e. The molecule has 0 N–H and O–H groups in total. The highest BCUT2D eigenvalue weighted by Gasteiger charge is 2.20. The molecule has 0 unspecified atom stereocenters. The molecule has 1 fully saturated rings. The number of aromatic nitrogens is 1. The summed E-state index contributed by atoms with van der Waals surface area (Å²) in [4.78, 5) is 27.4. The van der Waals surface area contributed by atoms with Crippen molar-refractivity contribution in [3.63, 3.8) is 0 Å². The third-order valence-electron chi connectivity index (χ3n) is 5.09. The number of likely N-dealkylation sites (tertiary alicyclic amines) is 1. The van der Waals surface area contributed by atoms with Crippen LogP contribution in [0.3, 0.4) is 0 Å². The lowest BCUT2D eigenvalue weighted by Gasteiger charge is -2.21. The topological polar surface area (TPSA) is 42.3 Å². The summed E-state index contributed by atoms with van der Waals surface area (Å²) in [5.41, 5.74) is 3.63. The van der Waals surface area contributed by atoms with Crippen LogP contribution in [0.1, 0.15) is 18.4 Å². The quantitative estimate of drug-likeness (QED) is 0.727. The normalized spacial score (nSPS) is 14.1. The third-order valence-corrected chi connectivity index (χ3v) is 5.09. The summed E-state index contributed by atoms with van der Waals surface area (Å²) >= 11 is 0. The van der Waals surface area contributed by atoms with E-state index in [1.54, 1.807) is 6.07 Å². The number of pyridine rings is 1. The zero-order valence-corrected chi connectivity index (χ0v) is 14.9. The van der Waals surface area contributed by atoms with Crippen molar-refractivity contribution < 1.29 is 4.79 Å². The second-order valence-electron chi connectivity index (χ2n) is 6.95. The Bertz CT molecular complexity index is 1020.